The number of esters is 2. The van der Waals surface area contributed by atoms with Gasteiger partial charge in [0.25, 0.3) is 11.7 Å². The van der Waals surface area contributed by atoms with E-state index in [1.807, 2.05) is 6.07 Å². The molecule has 23 heteroatoms. The largest absolute Gasteiger partial charge is 0.480 e. The lowest BCUT2D eigenvalue weighted by atomic mass is 9.79. The maximum Gasteiger partial charge on any atom is 0.326 e. The van der Waals surface area contributed by atoms with Crippen molar-refractivity contribution in [2.75, 3.05) is 47.4 Å². The van der Waals surface area contributed by atoms with Crippen molar-refractivity contribution in [2.24, 2.45) is 23.7 Å². The fourth-order valence-corrected chi connectivity index (χ4v) is 11.3. The van der Waals surface area contributed by atoms with Gasteiger partial charge in [-0.3, -0.25) is 47.9 Å². The summed E-state index contributed by atoms with van der Waals surface area (Å²) >= 11 is 0. The first-order valence-electron chi connectivity index (χ1n) is 29.8. The van der Waals surface area contributed by atoms with E-state index in [4.69, 9.17) is 14.2 Å². The number of likely N-dealkylation sites (tertiary alicyclic amines) is 1. The van der Waals surface area contributed by atoms with Crippen LogP contribution < -0.4 is 21.3 Å². The van der Waals surface area contributed by atoms with E-state index in [9.17, 15) is 63.0 Å². The van der Waals surface area contributed by atoms with Crippen molar-refractivity contribution >= 4 is 64.9 Å². The number of ketones is 2. The summed E-state index contributed by atoms with van der Waals surface area (Å²) in [6.07, 6.45) is 3.86. The summed E-state index contributed by atoms with van der Waals surface area (Å²) in [5.41, 5.74) is 1.46. The van der Waals surface area contributed by atoms with Gasteiger partial charge in [0.05, 0.1) is 44.7 Å². The average molecular weight is 1190 g/mol. The van der Waals surface area contributed by atoms with Crippen LogP contribution in [0.3, 0.4) is 0 Å². The lowest BCUT2D eigenvalue weighted by Crippen LogP contribution is -2.60. The second-order valence-corrected chi connectivity index (χ2v) is 23.1. The molecule has 2 aromatic carbocycles. The molecule has 85 heavy (non-hydrogen) atoms. The average Bonchev–Trinajstić information content (AvgIpc) is 3.03. The molecule has 6 N–H and O–H groups in total. The Morgan fingerprint density at radius 3 is 2.05 bits per heavy atom. The Hall–Kier alpha value is -7.11. The van der Waals surface area contributed by atoms with E-state index in [0.717, 1.165) is 28.9 Å². The molecule has 0 spiro atoms. The summed E-state index contributed by atoms with van der Waals surface area (Å²) in [6, 6.07) is 14.5. The highest BCUT2D eigenvalue weighted by molar-refractivity contribution is 6.39. The number of hydrogen-bond acceptors (Lipinski definition) is 16. The van der Waals surface area contributed by atoms with E-state index in [0.29, 0.717) is 44.4 Å². The van der Waals surface area contributed by atoms with Gasteiger partial charge >= 0.3 is 17.9 Å². The van der Waals surface area contributed by atoms with Crippen LogP contribution in [0.1, 0.15) is 135 Å². The van der Waals surface area contributed by atoms with Crippen LogP contribution in [0, 0.1) is 23.7 Å². The first kappa shape index (κ1) is 68.7. The van der Waals surface area contributed by atoms with Gasteiger partial charge in [0.1, 0.15) is 18.2 Å². The van der Waals surface area contributed by atoms with Crippen LogP contribution in [0.15, 0.2) is 60.7 Å². The van der Waals surface area contributed by atoms with E-state index in [1.54, 1.807) is 68.6 Å². The molecule has 11 atom stereocenters. The molecule has 3 aliphatic rings. The van der Waals surface area contributed by atoms with Crippen molar-refractivity contribution < 1.29 is 81.9 Å². The molecule has 468 valence electrons. The molecule has 3 fully saturated rings. The highest BCUT2D eigenvalue weighted by Crippen LogP contribution is 2.36. The SMILES string of the molecule is COC(=O)CCC(=O)O[C@@H]1CC[C@H](C[C@@H](C)CCC(=O)NCCNC(=O)CN(C)C(=O)[C@H](Cc2ccccc2)NC(=O)[C@@H](CC(=O)[C@H](C)NC(=O)CC[C@H]2CC[C@@H](C)[C@](O)(C(=O)C(=O)N3CCCC[C@H]3C(=O)O)O2)Cc2ccccc2)C[C@H]1OC. The molecule has 2 saturated heterocycles. The van der Waals surface area contributed by atoms with Crippen LogP contribution >= 0.6 is 0 Å². The zero-order valence-corrected chi connectivity index (χ0v) is 50.0. The molecule has 23 nitrogen and oxygen atoms in total. The van der Waals surface area contributed by atoms with Crippen LogP contribution in [-0.4, -0.2) is 175 Å². The molecule has 2 aliphatic heterocycles. The third kappa shape index (κ3) is 21.7. The molecule has 6 amide bonds. The van der Waals surface area contributed by atoms with Crippen molar-refractivity contribution in [3.63, 3.8) is 0 Å². The third-order valence-corrected chi connectivity index (χ3v) is 16.4. The number of carbonyl (C=O) groups excluding carboxylic acids is 10. The Kier molecular flexibility index (Phi) is 27.6. The molecule has 0 unspecified atom stereocenters. The number of likely N-dealkylation sites (N-methyl/N-ethyl adjacent to an activating group) is 1. The summed E-state index contributed by atoms with van der Waals surface area (Å²) in [6.45, 7) is 5.05. The Morgan fingerprint density at radius 1 is 0.753 bits per heavy atom. The number of carboxylic acid groups (broad SMARTS) is 1. The zero-order valence-electron chi connectivity index (χ0n) is 50.0. The van der Waals surface area contributed by atoms with Gasteiger partial charge in [-0.1, -0.05) is 74.5 Å². The molecule has 1 saturated carbocycles. The summed E-state index contributed by atoms with van der Waals surface area (Å²) < 4.78 is 21.7. The Labute approximate surface area is 497 Å². The molecule has 1 aliphatic carbocycles. The van der Waals surface area contributed by atoms with Crippen LogP contribution in [0.2, 0.25) is 0 Å². The number of hydrogen-bond donors (Lipinski definition) is 6. The maximum atomic E-state index is 14.4. The number of carbonyl (C=O) groups is 11. The molecule has 2 heterocycles. The van der Waals surface area contributed by atoms with Crippen molar-refractivity contribution in [2.45, 2.75) is 179 Å². The van der Waals surface area contributed by atoms with E-state index < -0.39 is 107 Å². The predicted molar refractivity (Wildman–Crippen MR) is 308 cm³/mol. The fourth-order valence-electron chi connectivity index (χ4n) is 11.3. The van der Waals surface area contributed by atoms with Gasteiger partial charge in [-0.2, -0.15) is 0 Å². The summed E-state index contributed by atoms with van der Waals surface area (Å²) in [4.78, 5) is 146. The molecular formula is C62H88N6O17. The number of aliphatic carboxylic acids is 1. The second-order valence-electron chi connectivity index (χ2n) is 23.1. The quantitative estimate of drug-likeness (QED) is 0.0347. The number of amides is 6. The van der Waals surface area contributed by atoms with Gasteiger partial charge in [0.2, 0.25) is 35.3 Å². The fraction of sp³-hybridized carbons (Fsp3) is 0.629. The first-order valence-corrected chi connectivity index (χ1v) is 29.8. The number of piperidine rings is 1. The second kappa shape index (κ2) is 34.1. The molecule has 0 bridgehead atoms. The Bertz CT molecular complexity index is 2610. The number of aliphatic hydroxyl groups is 1. The molecule has 0 radical (unpaired) electrons. The number of benzene rings is 2. The van der Waals surface area contributed by atoms with Crippen molar-refractivity contribution in [1.29, 1.82) is 0 Å². The zero-order chi connectivity index (χ0) is 62.2. The highest BCUT2D eigenvalue weighted by Gasteiger charge is 2.52. The van der Waals surface area contributed by atoms with Crippen molar-refractivity contribution in [3.05, 3.63) is 71.8 Å². The Balaban J connectivity index is 1.09. The first-order chi connectivity index (χ1) is 40.5. The van der Waals surface area contributed by atoms with Crippen LogP contribution in [0.5, 0.6) is 0 Å². The van der Waals surface area contributed by atoms with Gasteiger partial charge in [-0.25, -0.2) is 4.79 Å². The number of Topliss-reactive ketones (excluding diaryl/α,β-unsaturated/α-hetero) is 2. The minimum absolute atomic E-state index is 0.0183. The monoisotopic (exact) mass is 1190 g/mol. The van der Waals surface area contributed by atoms with E-state index in [-0.39, 0.29) is 108 Å². The van der Waals surface area contributed by atoms with E-state index in [2.05, 4.69) is 32.9 Å². The summed E-state index contributed by atoms with van der Waals surface area (Å²) in [5.74, 6) is -11.3. The third-order valence-electron chi connectivity index (χ3n) is 16.4. The number of ether oxygens (including phenoxy) is 4. The topological polar surface area (TPSA) is 320 Å². The van der Waals surface area contributed by atoms with E-state index >= 15 is 0 Å². The Morgan fingerprint density at radius 2 is 1.40 bits per heavy atom. The summed E-state index contributed by atoms with van der Waals surface area (Å²) in [5, 5.41) is 32.3. The van der Waals surface area contributed by atoms with Gasteiger partial charge < -0.3 is 60.2 Å². The maximum absolute atomic E-state index is 14.4. The van der Waals surface area contributed by atoms with Gasteiger partial charge in [0, 0.05) is 71.3 Å². The van der Waals surface area contributed by atoms with Crippen LogP contribution in [0.4, 0.5) is 0 Å². The highest BCUT2D eigenvalue weighted by atomic mass is 16.6. The van der Waals surface area contributed by atoms with Gasteiger partial charge in [-0.05, 0) is 107 Å². The van der Waals surface area contributed by atoms with Crippen LogP contribution in [0.25, 0.3) is 0 Å². The lowest BCUT2D eigenvalue weighted by Gasteiger charge is -2.42. The number of rotatable bonds is 32. The van der Waals surface area contributed by atoms with Gasteiger partial charge in [-0.15, -0.1) is 0 Å². The van der Waals surface area contributed by atoms with Crippen molar-refractivity contribution in [1.82, 2.24) is 31.1 Å². The number of nitrogens with one attached hydrogen (secondary N) is 4. The predicted octanol–water partition coefficient (Wildman–Crippen LogP) is 3.53. The lowest BCUT2D eigenvalue weighted by molar-refractivity contribution is -0.263. The van der Waals surface area contributed by atoms with E-state index in [1.165, 1.54) is 26.0 Å². The molecular weight excluding hydrogens is 1100 g/mol. The van der Waals surface area contributed by atoms with Crippen LogP contribution in [-0.2, 0) is 84.5 Å². The number of methoxy groups -OCH3 is 2. The van der Waals surface area contributed by atoms with Crippen molar-refractivity contribution in [3.8, 4) is 0 Å². The molecule has 2 aromatic rings. The van der Waals surface area contributed by atoms with Gasteiger partial charge in [0.15, 0.2) is 5.78 Å². The number of nitrogens with zero attached hydrogens (tertiary/aromatic N) is 2. The number of carboxylic acids is 1. The standard InChI is InChI=1S/C62H88N6O17/c1-39(33-44-22-25-50(51(36-44)82-5)84-56(74)29-28-55(73)83-6)20-26-52(70)63-30-31-64-54(72)38-67(4)59(77)47(35-43-17-11-8-12-18-43)66-58(76)45(34-42-15-9-7-10-16-42)37-49(69)41(3)65-53(71)27-24-46-23-21-40(2)62(81,85-46)57(75)60(78)68-32-14-13-19-48(68)61(79)80/h7-12,15-18,39-41,44-48,50-51,81H,13-14,19-38H2,1-6H3,(H,63,70)(H,64,72)(H,65,71)(H,66,76)(H,79,80)/t39-,40+,41-,44+,45+,46+,47-,48-,50+,51+,62+/m0/s1. The minimum atomic E-state index is -2.54. The molecule has 0 aromatic heterocycles. The normalized spacial score (nSPS) is 22.6. The minimum Gasteiger partial charge on any atom is -0.480 e. The summed E-state index contributed by atoms with van der Waals surface area (Å²) in [7, 11) is 4.28. The smallest absolute Gasteiger partial charge is 0.326 e. The molecule has 5 rings (SSSR count).